The molecule has 80 valence electrons. The number of hydrogen-bond donors (Lipinski definition) is 2. The van der Waals surface area contributed by atoms with Crippen LogP contribution in [-0.4, -0.2) is 17.1 Å². The molecular weight excluding hydrogens is 228 g/mol. The molecule has 0 aliphatic carbocycles. The van der Waals surface area contributed by atoms with Gasteiger partial charge in [-0.3, -0.25) is 0 Å². The predicted octanol–water partition coefficient (Wildman–Crippen LogP) is 2.04. The van der Waals surface area contributed by atoms with Gasteiger partial charge in [0, 0.05) is 17.7 Å². The first-order valence-corrected chi connectivity index (χ1v) is 4.54. The predicted molar refractivity (Wildman–Crippen MR) is 50.1 cm³/mol. The molecular formula is C9H6ClF2NO2. The molecule has 0 saturated carbocycles. The molecule has 6 heteroatoms. The van der Waals surface area contributed by atoms with E-state index in [4.69, 9.17) is 16.7 Å². The summed E-state index contributed by atoms with van der Waals surface area (Å²) in [4.78, 5) is 10.6. The van der Waals surface area contributed by atoms with Gasteiger partial charge in [-0.15, -0.1) is 0 Å². The van der Waals surface area contributed by atoms with E-state index in [9.17, 15) is 13.6 Å². The number of nitrogens with one attached hydrogen (secondary N) is 1. The van der Waals surface area contributed by atoms with Crippen LogP contribution in [0.3, 0.4) is 0 Å². The average Bonchev–Trinajstić information content (AvgIpc) is 2.58. The first-order chi connectivity index (χ1) is 7.00. The number of benzene rings is 1. The van der Waals surface area contributed by atoms with Crippen LogP contribution in [-0.2, 0) is 11.2 Å². The second kappa shape index (κ2) is 3.34. The van der Waals surface area contributed by atoms with Crippen LogP contribution in [0.1, 0.15) is 5.56 Å². The van der Waals surface area contributed by atoms with Gasteiger partial charge in [-0.1, -0.05) is 11.6 Å². The van der Waals surface area contributed by atoms with Crippen LogP contribution in [0.25, 0.3) is 0 Å². The summed E-state index contributed by atoms with van der Waals surface area (Å²) in [6, 6.07) is 0.0799. The molecule has 1 aromatic rings. The van der Waals surface area contributed by atoms with Crippen LogP contribution in [0, 0.1) is 11.6 Å². The van der Waals surface area contributed by atoms with E-state index in [1.165, 1.54) is 0 Å². The molecule has 2 N–H and O–H groups in total. The Morgan fingerprint density at radius 1 is 1.60 bits per heavy atom. The SMILES string of the molecule is O=C(O)C1Cc2c(cc(F)c(Cl)c2F)N1. The molecule has 3 nitrogen and oxygen atoms in total. The van der Waals surface area contributed by atoms with Crippen LogP contribution in [0.15, 0.2) is 6.07 Å². The van der Waals surface area contributed by atoms with E-state index in [1.807, 2.05) is 0 Å². The molecule has 1 heterocycles. The Kier molecular flexibility index (Phi) is 2.26. The summed E-state index contributed by atoms with van der Waals surface area (Å²) in [5.74, 6) is -2.89. The summed E-state index contributed by atoms with van der Waals surface area (Å²) in [6.45, 7) is 0. The summed E-state index contributed by atoms with van der Waals surface area (Å²) in [6.07, 6.45) is -0.0313. The Labute approximate surface area is 88.7 Å². The van der Waals surface area contributed by atoms with Crippen molar-refractivity contribution in [3.05, 3.63) is 28.3 Å². The van der Waals surface area contributed by atoms with Crippen LogP contribution < -0.4 is 5.32 Å². The normalized spacial score (nSPS) is 18.5. The zero-order chi connectivity index (χ0) is 11.2. The van der Waals surface area contributed by atoms with Crippen LogP contribution in [0.2, 0.25) is 5.02 Å². The Hall–Kier alpha value is -1.36. The number of carboxylic acid groups (broad SMARTS) is 1. The van der Waals surface area contributed by atoms with Crippen molar-refractivity contribution in [2.24, 2.45) is 0 Å². The van der Waals surface area contributed by atoms with Crippen molar-refractivity contribution in [3.8, 4) is 0 Å². The van der Waals surface area contributed by atoms with Gasteiger partial charge in [0.2, 0.25) is 0 Å². The zero-order valence-corrected chi connectivity index (χ0v) is 8.11. The second-order valence-electron chi connectivity index (χ2n) is 3.25. The highest BCUT2D eigenvalue weighted by molar-refractivity contribution is 6.31. The van der Waals surface area contributed by atoms with Crippen molar-refractivity contribution in [1.29, 1.82) is 0 Å². The molecule has 0 spiro atoms. The summed E-state index contributed by atoms with van der Waals surface area (Å²) >= 11 is 5.36. The fourth-order valence-electron chi connectivity index (χ4n) is 1.55. The average molecular weight is 234 g/mol. The smallest absolute Gasteiger partial charge is 0.326 e. The molecule has 0 amide bonds. The molecule has 2 rings (SSSR count). The molecule has 1 aromatic carbocycles. The molecule has 0 saturated heterocycles. The van der Waals surface area contributed by atoms with Crippen molar-refractivity contribution < 1.29 is 18.7 Å². The number of carbonyl (C=O) groups is 1. The molecule has 1 aliphatic rings. The quantitative estimate of drug-likeness (QED) is 0.730. The maximum atomic E-state index is 13.4. The highest BCUT2D eigenvalue weighted by atomic mass is 35.5. The van der Waals surface area contributed by atoms with Gasteiger partial charge >= 0.3 is 5.97 Å². The Bertz CT molecular complexity index is 450. The standard InChI is InChI=1S/C9H6ClF2NO2/c10-7-4(11)2-5-3(8(7)12)1-6(13-5)9(14)15/h2,6,13H,1H2,(H,14,15). The van der Waals surface area contributed by atoms with E-state index in [2.05, 4.69) is 5.32 Å². The maximum Gasteiger partial charge on any atom is 0.326 e. The third kappa shape index (κ3) is 1.52. The van der Waals surface area contributed by atoms with Crippen LogP contribution in [0.4, 0.5) is 14.5 Å². The van der Waals surface area contributed by atoms with Crippen molar-refractivity contribution in [3.63, 3.8) is 0 Å². The van der Waals surface area contributed by atoms with Gasteiger partial charge in [-0.05, 0) is 6.07 Å². The number of aliphatic carboxylic acids is 1. The lowest BCUT2D eigenvalue weighted by atomic mass is 10.1. The molecule has 1 aliphatic heterocycles. The summed E-state index contributed by atoms with van der Waals surface area (Å²) in [5, 5.41) is 10.6. The van der Waals surface area contributed by atoms with E-state index in [0.717, 1.165) is 6.07 Å². The fourth-order valence-corrected chi connectivity index (χ4v) is 1.72. The van der Waals surface area contributed by atoms with Crippen molar-refractivity contribution in [2.75, 3.05) is 5.32 Å². The van der Waals surface area contributed by atoms with Crippen molar-refractivity contribution >= 4 is 23.3 Å². The highest BCUT2D eigenvalue weighted by Crippen LogP contribution is 2.34. The van der Waals surface area contributed by atoms with Gasteiger partial charge in [-0.25, -0.2) is 13.6 Å². The minimum atomic E-state index is -1.11. The molecule has 0 radical (unpaired) electrons. The second-order valence-corrected chi connectivity index (χ2v) is 3.63. The number of halogens is 3. The van der Waals surface area contributed by atoms with Gasteiger partial charge in [0.05, 0.1) is 0 Å². The molecule has 0 aromatic heterocycles. The van der Waals surface area contributed by atoms with E-state index in [-0.39, 0.29) is 17.7 Å². The van der Waals surface area contributed by atoms with Gasteiger partial charge < -0.3 is 10.4 Å². The maximum absolute atomic E-state index is 13.4. The fraction of sp³-hybridized carbons (Fsp3) is 0.222. The summed E-state index contributed by atoms with van der Waals surface area (Å²) in [5.41, 5.74) is 0.274. The minimum Gasteiger partial charge on any atom is -0.480 e. The Morgan fingerprint density at radius 2 is 2.27 bits per heavy atom. The van der Waals surface area contributed by atoms with Gasteiger partial charge in [0.15, 0.2) is 0 Å². The summed E-state index contributed by atoms with van der Waals surface area (Å²) in [7, 11) is 0. The molecule has 1 unspecified atom stereocenters. The van der Waals surface area contributed by atoms with Crippen LogP contribution >= 0.6 is 11.6 Å². The van der Waals surface area contributed by atoms with E-state index in [1.54, 1.807) is 0 Å². The van der Waals surface area contributed by atoms with E-state index in [0.29, 0.717) is 0 Å². The topological polar surface area (TPSA) is 49.3 Å². The number of anilines is 1. The number of rotatable bonds is 1. The van der Waals surface area contributed by atoms with Crippen molar-refractivity contribution in [2.45, 2.75) is 12.5 Å². The molecule has 0 bridgehead atoms. The number of hydrogen-bond acceptors (Lipinski definition) is 2. The third-order valence-corrected chi connectivity index (χ3v) is 2.65. The lowest BCUT2D eigenvalue weighted by molar-refractivity contribution is -0.137. The zero-order valence-electron chi connectivity index (χ0n) is 7.35. The largest absolute Gasteiger partial charge is 0.480 e. The van der Waals surface area contributed by atoms with Gasteiger partial charge in [0.1, 0.15) is 22.7 Å². The van der Waals surface area contributed by atoms with Gasteiger partial charge in [0.25, 0.3) is 0 Å². The van der Waals surface area contributed by atoms with E-state index < -0.39 is 28.7 Å². The van der Waals surface area contributed by atoms with Crippen molar-refractivity contribution in [1.82, 2.24) is 0 Å². The third-order valence-electron chi connectivity index (χ3n) is 2.30. The Morgan fingerprint density at radius 3 is 2.87 bits per heavy atom. The van der Waals surface area contributed by atoms with E-state index >= 15 is 0 Å². The van der Waals surface area contributed by atoms with Crippen LogP contribution in [0.5, 0.6) is 0 Å². The molecule has 0 fully saturated rings. The number of fused-ring (bicyclic) bond motifs is 1. The minimum absolute atomic E-state index is 0.0313. The lowest BCUT2D eigenvalue weighted by Crippen LogP contribution is -2.26. The summed E-state index contributed by atoms with van der Waals surface area (Å²) < 4.78 is 26.4. The Balaban J connectivity index is 2.47. The molecule has 15 heavy (non-hydrogen) atoms. The van der Waals surface area contributed by atoms with Gasteiger partial charge in [-0.2, -0.15) is 0 Å². The monoisotopic (exact) mass is 233 g/mol. The lowest BCUT2D eigenvalue weighted by Gasteiger charge is -2.04. The first kappa shape index (κ1) is 10.2. The first-order valence-electron chi connectivity index (χ1n) is 4.16. The molecule has 1 atom stereocenters. The number of carboxylic acids is 1. The highest BCUT2D eigenvalue weighted by Gasteiger charge is 2.30.